The Morgan fingerprint density at radius 3 is 2.40 bits per heavy atom. The fourth-order valence-corrected chi connectivity index (χ4v) is 5.58. The molecule has 2 nitrogen and oxygen atoms in total. The van der Waals surface area contributed by atoms with Crippen molar-refractivity contribution in [2.75, 3.05) is 0 Å². The predicted molar refractivity (Wildman–Crippen MR) is 118 cm³/mol. The maximum absolute atomic E-state index is 15.0. The van der Waals surface area contributed by atoms with Gasteiger partial charge < -0.3 is 4.74 Å². The van der Waals surface area contributed by atoms with Crippen LogP contribution in [0.25, 0.3) is 0 Å². The molecular weight excluding hydrogens is 375 g/mol. The van der Waals surface area contributed by atoms with Crippen LogP contribution in [0, 0.1) is 23.6 Å². The molecule has 2 aromatic rings. The minimum absolute atomic E-state index is 0.267. The average molecular weight is 409 g/mol. The van der Waals surface area contributed by atoms with Crippen LogP contribution in [-0.4, -0.2) is 5.97 Å². The summed E-state index contributed by atoms with van der Waals surface area (Å²) >= 11 is 0. The van der Waals surface area contributed by atoms with Crippen molar-refractivity contribution in [3.63, 3.8) is 0 Å². The average Bonchev–Trinajstić information content (AvgIpc) is 2.78. The third kappa shape index (κ3) is 4.61. The number of hydrogen-bond donors (Lipinski definition) is 0. The van der Waals surface area contributed by atoms with Gasteiger partial charge in [-0.15, -0.1) is 0 Å². The number of aryl methyl sites for hydroxylation is 1. The molecule has 2 aliphatic rings. The van der Waals surface area contributed by atoms with E-state index in [2.05, 4.69) is 13.8 Å². The molecule has 30 heavy (non-hydrogen) atoms. The molecule has 0 aliphatic heterocycles. The number of fused-ring (bicyclic) bond motifs is 1. The van der Waals surface area contributed by atoms with Gasteiger partial charge in [-0.05, 0) is 97.6 Å². The van der Waals surface area contributed by atoms with Crippen LogP contribution in [0.2, 0.25) is 0 Å². The van der Waals surface area contributed by atoms with E-state index < -0.39 is 5.97 Å². The molecule has 4 rings (SSSR count). The number of rotatable bonds is 5. The van der Waals surface area contributed by atoms with E-state index in [0.717, 1.165) is 42.6 Å². The minimum Gasteiger partial charge on any atom is -0.423 e. The molecule has 160 valence electrons. The molecule has 0 aromatic heterocycles. The zero-order valence-corrected chi connectivity index (χ0v) is 18.2. The van der Waals surface area contributed by atoms with E-state index in [1.807, 2.05) is 18.2 Å². The van der Waals surface area contributed by atoms with E-state index in [1.165, 1.54) is 43.7 Å². The highest BCUT2D eigenvalue weighted by Gasteiger charge is 2.36. The lowest BCUT2D eigenvalue weighted by Crippen LogP contribution is -2.30. The minimum atomic E-state index is -0.508. The van der Waals surface area contributed by atoms with Crippen molar-refractivity contribution in [3.05, 3.63) is 65.0 Å². The van der Waals surface area contributed by atoms with Gasteiger partial charge >= 0.3 is 5.97 Å². The number of hydrogen-bond acceptors (Lipinski definition) is 2. The molecule has 0 spiro atoms. The number of benzene rings is 2. The fourth-order valence-electron chi connectivity index (χ4n) is 5.58. The van der Waals surface area contributed by atoms with Gasteiger partial charge in [-0.2, -0.15) is 0 Å². The monoisotopic (exact) mass is 408 g/mol. The maximum atomic E-state index is 15.0. The summed E-state index contributed by atoms with van der Waals surface area (Å²) in [5.41, 5.74) is 2.23. The molecule has 0 N–H and O–H groups in total. The Morgan fingerprint density at radius 2 is 1.70 bits per heavy atom. The van der Waals surface area contributed by atoms with Crippen molar-refractivity contribution < 1.29 is 13.9 Å². The van der Waals surface area contributed by atoms with Crippen LogP contribution in [0.15, 0.2) is 42.5 Å². The van der Waals surface area contributed by atoms with Crippen LogP contribution in [0.4, 0.5) is 4.39 Å². The summed E-state index contributed by atoms with van der Waals surface area (Å²) in [7, 11) is 0. The van der Waals surface area contributed by atoms with Crippen LogP contribution in [0.1, 0.15) is 86.2 Å². The van der Waals surface area contributed by atoms with E-state index in [-0.39, 0.29) is 17.3 Å². The van der Waals surface area contributed by atoms with E-state index >= 15 is 0 Å². The van der Waals surface area contributed by atoms with Gasteiger partial charge in [-0.1, -0.05) is 44.9 Å². The molecule has 2 fully saturated rings. The standard InChI is InChI=1S/C27H33FO2/c1-3-18-6-12-24(13-7-18)30-27(29)23-11-14-25(26(28)17-23)22-10-9-20-15-19(4-2)5-8-21(20)16-22/h6-7,11-14,17,19-22H,3-5,8-10,15-16H2,1-2H3. The van der Waals surface area contributed by atoms with Crippen LogP contribution in [-0.2, 0) is 6.42 Å². The Morgan fingerprint density at radius 1 is 0.967 bits per heavy atom. The number of ether oxygens (including phenoxy) is 1. The lowest BCUT2D eigenvalue weighted by molar-refractivity contribution is 0.0734. The molecular formula is C27H33FO2. The van der Waals surface area contributed by atoms with E-state index in [1.54, 1.807) is 18.2 Å². The van der Waals surface area contributed by atoms with Crippen LogP contribution in [0.3, 0.4) is 0 Å². The van der Waals surface area contributed by atoms with Crippen molar-refractivity contribution in [2.24, 2.45) is 17.8 Å². The first kappa shape index (κ1) is 21.1. The van der Waals surface area contributed by atoms with Gasteiger partial charge in [0.1, 0.15) is 11.6 Å². The van der Waals surface area contributed by atoms with Crippen LogP contribution in [0.5, 0.6) is 5.75 Å². The lowest BCUT2D eigenvalue weighted by atomic mass is 9.63. The largest absolute Gasteiger partial charge is 0.423 e. The van der Waals surface area contributed by atoms with Crippen molar-refractivity contribution in [1.29, 1.82) is 0 Å². The summed E-state index contributed by atoms with van der Waals surface area (Å²) in [4.78, 5) is 12.5. The number of esters is 1. The van der Waals surface area contributed by atoms with Crippen LogP contribution >= 0.6 is 0 Å². The summed E-state index contributed by atoms with van der Waals surface area (Å²) in [5.74, 6) is 2.45. The van der Waals surface area contributed by atoms with Gasteiger partial charge in [0, 0.05) is 0 Å². The summed E-state index contributed by atoms with van der Waals surface area (Å²) in [6, 6.07) is 12.3. The Balaban J connectivity index is 1.41. The lowest BCUT2D eigenvalue weighted by Gasteiger charge is -2.42. The second-order valence-corrected chi connectivity index (χ2v) is 9.24. The van der Waals surface area contributed by atoms with Gasteiger partial charge in [-0.3, -0.25) is 0 Å². The van der Waals surface area contributed by atoms with Gasteiger partial charge in [0.15, 0.2) is 0 Å². The first-order chi connectivity index (χ1) is 14.6. The topological polar surface area (TPSA) is 26.3 Å². The number of carbonyl (C=O) groups excluding carboxylic acids is 1. The van der Waals surface area contributed by atoms with Crippen molar-refractivity contribution >= 4 is 5.97 Å². The third-order valence-electron chi connectivity index (χ3n) is 7.52. The van der Waals surface area contributed by atoms with Gasteiger partial charge in [0.2, 0.25) is 0 Å². The number of carbonyl (C=O) groups is 1. The second kappa shape index (κ2) is 9.32. The highest BCUT2D eigenvalue weighted by Crippen LogP contribution is 2.48. The fraction of sp³-hybridized carbons (Fsp3) is 0.519. The molecule has 4 unspecified atom stereocenters. The third-order valence-corrected chi connectivity index (χ3v) is 7.52. The Bertz CT molecular complexity index is 873. The van der Waals surface area contributed by atoms with E-state index in [0.29, 0.717) is 5.75 Å². The zero-order valence-electron chi connectivity index (χ0n) is 18.2. The Hall–Kier alpha value is -2.16. The molecule has 0 heterocycles. The summed E-state index contributed by atoms with van der Waals surface area (Å²) in [6.07, 6.45) is 9.57. The van der Waals surface area contributed by atoms with E-state index in [9.17, 15) is 9.18 Å². The highest BCUT2D eigenvalue weighted by atomic mass is 19.1. The van der Waals surface area contributed by atoms with Crippen molar-refractivity contribution in [3.8, 4) is 5.75 Å². The number of halogens is 1. The van der Waals surface area contributed by atoms with E-state index in [4.69, 9.17) is 4.74 Å². The SMILES string of the molecule is CCc1ccc(OC(=O)c2ccc(C3CCC4CC(CC)CCC4C3)c(F)c2)cc1. The van der Waals surface area contributed by atoms with Crippen molar-refractivity contribution in [1.82, 2.24) is 0 Å². The smallest absolute Gasteiger partial charge is 0.343 e. The quantitative estimate of drug-likeness (QED) is 0.383. The molecule has 2 aromatic carbocycles. The molecule has 0 amide bonds. The molecule has 2 aliphatic carbocycles. The van der Waals surface area contributed by atoms with Crippen molar-refractivity contribution in [2.45, 2.75) is 71.1 Å². The second-order valence-electron chi connectivity index (χ2n) is 9.24. The molecule has 2 saturated carbocycles. The molecule has 4 atom stereocenters. The summed E-state index contributed by atoms with van der Waals surface area (Å²) in [5, 5.41) is 0. The normalized spacial score (nSPS) is 26.1. The molecule has 3 heteroatoms. The zero-order chi connectivity index (χ0) is 21.1. The summed E-state index contributed by atoms with van der Waals surface area (Å²) in [6.45, 7) is 4.38. The maximum Gasteiger partial charge on any atom is 0.343 e. The molecule has 0 saturated heterocycles. The first-order valence-electron chi connectivity index (χ1n) is 11.7. The first-order valence-corrected chi connectivity index (χ1v) is 11.7. The molecule has 0 bridgehead atoms. The summed E-state index contributed by atoms with van der Waals surface area (Å²) < 4.78 is 20.4. The van der Waals surface area contributed by atoms with Gasteiger partial charge in [0.25, 0.3) is 0 Å². The van der Waals surface area contributed by atoms with Gasteiger partial charge in [0.05, 0.1) is 5.56 Å². The molecule has 0 radical (unpaired) electrons. The Kier molecular flexibility index (Phi) is 6.55. The highest BCUT2D eigenvalue weighted by molar-refractivity contribution is 5.91. The predicted octanol–water partition coefficient (Wildman–Crippen LogP) is 7.32. The Labute approximate surface area is 179 Å². The van der Waals surface area contributed by atoms with Crippen LogP contribution < -0.4 is 4.74 Å². The van der Waals surface area contributed by atoms with Gasteiger partial charge in [-0.25, -0.2) is 9.18 Å².